The molecule has 1 atom stereocenters. The number of rotatable bonds is 2. The number of fused-ring (bicyclic) bond motifs is 1. The maximum atomic E-state index is 11.7. The Morgan fingerprint density at radius 3 is 2.83 bits per heavy atom. The average molecular weight is 245 g/mol. The van der Waals surface area contributed by atoms with E-state index in [0.29, 0.717) is 4.90 Å². The largest absolute Gasteiger partial charge is 0.497 e. The van der Waals surface area contributed by atoms with Gasteiger partial charge in [-0.05, 0) is 30.5 Å². The van der Waals surface area contributed by atoms with Gasteiger partial charge < -0.3 is 9.57 Å². The average Bonchev–Trinajstić information content (AvgIpc) is 2.77. The van der Waals surface area contributed by atoms with E-state index in [9.17, 15) is 5.21 Å². The van der Waals surface area contributed by atoms with Crippen LogP contribution in [-0.4, -0.2) is 17.7 Å². The van der Waals surface area contributed by atoms with Gasteiger partial charge in [-0.2, -0.15) is 0 Å². The molecule has 18 heavy (non-hydrogen) atoms. The fourth-order valence-electron chi connectivity index (χ4n) is 2.48. The summed E-state index contributed by atoms with van der Waals surface area (Å²) >= 11 is 0. The number of ether oxygens (including phenoxy) is 1. The molecule has 0 bridgehead atoms. The van der Waals surface area contributed by atoms with Gasteiger partial charge in [0, 0.05) is 16.9 Å². The Hall–Kier alpha value is -1.97. The smallest absolute Gasteiger partial charge is 0.249 e. The predicted octanol–water partition coefficient (Wildman–Crippen LogP) is 2.74. The molecule has 4 nitrogen and oxygen atoms in total. The van der Waals surface area contributed by atoms with E-state index in [-0.39, 0.29) is 6.10 Å². The van der Waals surface area contributed by atoms with Gasteiger partial charge in [-0.3, -0.25) is 5.21 Å². The van der Waals surface area contributed by atoms with Crippen LogP contribution in [0, 0.1) is 5.21 Å². The molecule has 3 rings (SSSR count). The fraction of sp³-hybridized carbons (Fsp3) is 0.357. The molecule has 4 heteroatoms. The second-order valence-electron chi connectivity index (χ2n) is 4.51. The number of hydrogen-bond acceptors (Lipinski definition) is 3. The maximum Gasteiger partial charge on any atom is 0.249 e. The van der Waals surface area contributed by atoms with Crippen molar-refractivity contribution < 1.29 is 14.5 Å². The summed E-state index contributed by atoms with van der Waals surface area (Å²) in [6, 6.07) is 7.65. The zero-order valence-corrected chi connectivity index (χ0v) is 10.3. The molecule has 0 spiro atoms. The highest BCUT2D eigenvalue weighted by atomic mass is 16.9. The van der Waals surface area contributed by atoms with Crippen LogP contribution >= 0.6 is 0 Å². The van der Waals surface area contributed by atoms with E-state index in [1.165, 1.54) is 0 Å². The Morgan fingerprint density at radius 1 is 1.33 bits per heavy atom. The van der Waals surface area contributed by atoms with Crippen molar-refractivity contribution in [2.75, 3.05) is 7.11 Å². The molecule has 2 aliphatic rings. The Balaban J connectivity index is 1.92. The molecule has 0 radical (unpaired) electrons. The number of allylic oxidation sites excluding steroid dienone is 1. The lowest BCUT2D eigenvalue weighted by molar-refractivity contribution is -0.743. The number of methoxy groups -OCH3 is 1. The SMILES string of the molecule is COc1ccc(C2O[N+]([O-])=C3CCCC=C32)cc1. The third kappa shape index (κ3) is 1.74. The van der Waals surface area contributed by atoms with Crippen LogP contribution in [-0.2, 0) is 4.84 Å². The van der Waals surface area contributed by atoms with Crippen molar-refractivity contribution in [3.8, 4) is 5.75 Å². The van der Waals surface area contributed by atoms with E-state index in [1.807, 2.05) is 24.3 Å². The summed E-state index contributed by atoms with van der Waals surface area (Å²) in [5, 5.41) is 11.7. The first-order valence-electron chi connectivity index (χ1n) is 6.14. The minimum atomic E-state index is -0.260. The van der Waals surface area contributed by atoms with Gasteiger partial charge in [0.2, 0.25) is 5.71 Å². The van der Waals surface area contributed by atoms with Gasteiger partial charge in [0.1, 0.15) is 11.9 Å². The molecule has 0 amide bonds. The summed E-state index contributed by atoms with van der Waals surface area (Å²) in [6.45, 7) is 0. The monoisotopic (exact) mass is 245 g/mol. The van der Waals surface area contributed by atoms with E-state index in [4.69, 9.17) is 9.57 Å². The Kier molecular flexibility index (Phi) is 2.70. The number of nitrogens with zero attached hydrogens (tertiary/aromatic N) is 1. The maximum absolute atomic E-state index is 11.7. The molecular formula is C14H15NO3. The quantitative estimate of drug-likeness (QED) is 0.752. The molecule has 1 aliphatic heterocycles. The van der Waals surface area contributed by atoms with Gasteiger partial charge in [-0.1, -0.05) is 18.2 Å². The van der Waals surface area contributed by atoms with Crippen LogP contribution in [0.2, 0.25) is 0 Å². The third-order valence-electron chi connectivity index (χ3n) is 3.44. The number of hydrogen-bond donors (Lipinski definition) is 0. The van der Waals surface area contributed by atoms with Crippen LogP contribution in [0.4, 0.5) is 0 Å². The molecule has 94 valence electrons. The first kappa shape index (κ1) is 11.1. The summed E-state index contributed by atoms with van der Waals surface area (Å²) < 4.78 is 5.13. The van der Waals surface area contributed by atoms with E-state index in [1.54, 1.807) is 7.11 Å². The van der Waals surface area contributed by atoms with Crippen LogP contribution in [0.5, 0.6) is 5.75 Å². The van der Waals surface area contributed by atoms with Crippen molar-refractivity contribution in [2.24, 2.45) is 0 Å². The first-order chi connectivity index (χ1) is 8.79. The summed E-state index contributed by atoms with van der Waals surface area (Å²) in [5.41, 5.74) is 2.79. The van der Waals surface area contributed by atoms with E-state index in [2.05, 4.69) is 6.08 Å². The van der Waals surface area contributed by atoms with Gasteiger partial charge >= 0.3 is 0 Å². The molecule has 1 heterocycles. The second-order valence-corrected chi connectivity index (χ2v) is 4.51. The Bertz CT molecular complexity index is 516. The summed E-state index contributed by atoms with van der Waals surface area (Å²) in [4.78, 5) is 6.08. The van der Waals surface area contributed by atoms with Crippen molar-refractivity contribution in [3.05, 3.63) is 46.7 Å². The van der Waals surface area contributed by atoms with Crippen molar-refractivity contribution in [2.45, 2.75) is 25.4 Å². The molecule has 0 saturated carbocycles. The highest BCUT2D eigenvalue weighted by Gasteiger charge is 2.35. The molecule has 0 N–H and O–H groups in total. The van der Waals surface area contributed by atoms with E-state index < -0.39 is 0 Å². The van der Waals surface area contributed by atoms with Crippen LogP contribution in [0.1, 0.15) is 30.9 Å². The lowest BCUT2D eigenvalue weighted by Crippen LogP contribution is -2.11. The van der Waals surface area contributed by atoms with Gasteiger partial charge in [-0.15, -0.1) is 0 Å². The van der Waals surface area contributed by atoms with Crippen molar-refractivity contribution in [3.63, 3.8) is 0 Å². The zero-order chi connectivity index (χ0) is 12.5. The minimum absolute atomic E-state index is 0.260. The standard InChI is InChI=1S/C14H15NO3/c1-17-11-8-6-10(7-9-11)14-12-4-2-3-5-13(12)15(16)18-14/h4,6-9,14H,2-3,5H2,1H3. The summed E-state index contributed by atoms with van der Waals surface area (Å²) in [5.74, 6) is 0.803. The summed E-state index contributed by atoms with van der Waals surface area (Å²) in [7, 11) is 1.63. The normalized spacial score (nSPS) is 22.3. The molecule has 0 saturated heterocycles. The molecule has 0 fully saturated rings. The highest BCUT2D eigenvalue weighted by Crippen LogP contribution is 2.36. The van der Waals surface area contributed by atoms with E-state index >= 15 is 0 Å². The second kappa shape index (κ2) is 4.37. The highest BCUT2D eigenvalue weighted by molar-refractivity contribution is 5.98. The van der Waals surface area contributed by atoms with Crippen LogP contribution in [0.3, 0.4) is 0 Å². The minimum Gasteiger partial charge on any atom is -0.497 e. The van der Waals surface area contributed by atoms with Crippen LogP contribution < -0.4 is 4.74 Å². The molecule has 1 aromatic carbocycles. The molecule has 1 aliphatic carbocycles. The van der Waals surface area contributed by atoms with Crippen molar-refractivity contribution >= 4 is 5.71 Å². The first-order valence-corrected chi connectivity index (χ1v) is 6.14. The fourth-order valence-corrected chi connectivity index (χ4v) is 2.48. The van der Waals surface area contributed by atoms with Gasteiger partial charge in [0.15, 0.2) is 0 Å². The van der Waals surface area contributed by atoms with Gasteiger partial charge in [0.05, 0.1) is 7.11 Å². The summed E-state index contributed by atoms with van der Waals surface area (Å²) in [6.07, 6.45) is 4.70. The lowest BCUT2D eigenvalue weighted by atomic mass is 9.91. The molecule has 1 unspecified atom stereocenters. The molecular weight excluding hydrogens is 230 g/mol. The van der Waals surface area contributed by atoms with Gasteiger partial charge in [0.25, 0.3) is 0 Å². The van der Waals surface area contributed by atoms with Crippen molar-refractivity contribution in [1.82, 2.24) is 0 Å². The molecule has 0 aromatic heterocycles. The Labute approximate surface area is 106 Å². The zero-order valence-electron chi connectivity index (χ0n) is 10.3. The van der Waals surface area contributed by atoms with Crippen LogP contribution in [0.25, 0.3) is 0 Å². The molecule has 1 aromatic rings. The van der Waals surface area contributed by atoms with Gasteiger partial charge in [-0.25, -0.2) is 0 Å². The third-order valence-corrected chi connectivity index (χ3v) is 3.44. The predicted molar refractivity (Wildman–Crippen MR) is 67.4 cm³/mol. The number of benzene rings is 1. The van der Waals surface area contributed by atoms with Crippen molar-refractivity contribution in [1.29, 1.82) is 0 Å². The van der Waals surface area contributed by atoms with E-state index in [0.717, 1.165) is 41.9 Å². The lowest BCUT2D eigenvalue weighted by Gasteiger charge is -2.15. The topological polar surface area (TPSA) is 44.5 Å². The van der Waals surface area contributed by atoms with Crippen LogP contribution in [0.15, 0.2) is 35.9 Å². The Morgan fingerprint density at radius 2 is 2.11 bits per heavy atom.